The highest BCUT2D eigenvalue weighted by atomic mass is 15.3. The quantitative estimate of drug-likeness (QED) is 0.823. The fourth-order valence-electron chi connectivity index (χ4n) is 1.34. The summed E-state index contributed by atoms with van der Waals surface area (Å²) in [6.07, 6.45) is 0. The molecule has 1 N–H and O–H groups in total. The van der Waals surface area contributed by atoms with Crippen molar-refractivity contribution in [2.24, 2.45) is 13.0 Å². The first-order valence-corrected chi connectivity index (χ1v) is 5.17. The van der Waals surface area contributed by atoms with Gasteiger partial charge in [-0.15, -0.1) is 0 Å². The Kier molecular flexibility index (Phi) is 3.35. The predicted octanol–water partition coefficient (Wildman–Crippen LogP) is 2.06. The van der Waals surface area contributed by atoms with Crippen molar-refractivity contribution in [1.29, 1.82) is 5.26 Å². The lowest BCUT2D eigenvalue weighted by molar-refractivity contribution is 0.553. The molecule has 0 aromatic carbocycles. The van der Waals surface area contributed by atoms with Crippen LogP contribution in [0.5, 0.6) is 0 Å². The van der Waals surface area contributed by atoms with Crippen LogP contribution in [0.3, 0.4) is 0 Å². The third-order valence-corrected chi connectivity index (χ3v) is 2.70. The van der Waals surface area contributed by atoms with E-state index in [4.69, 9.17) is 5.26 Å². The van der Waals surface area contributed by atoms with Gasteiger partial charge in [0.2, 0.25) is 0 Å². The zero-order chi connectivity index (χ0) is 11.6. The second kappa shape index (κ2) is 4.35. The fraction of sp³-hybridized carbons (Fsp3) is 0.636. The van der Waals surface area contributed by atoms with Gasteiger partial charge in [0, 0.05) is 13.1 Å². The topological polar surface area (TPSA) is 53.6 Å². The Hall–Kier alpha value is -1.50. The first-order valence-electron chi connectivity index (χ1n) is 5.17. The molecule has 0 aliphatic rings. The lowest BCUT2D eigenvalue weighted by Crippen LogP contribution is -2.23. The summed E-state index contributed by atoms with van der Waals surface area (Å²) < 4.78 is 1.73. The van der Waals surface area contributed by atoms with E-state index in [-0.39, 0.29) is 0 Å². The van der Waals surface area contributed by atoms with Gasteiger partial charge < -0.3 is 5.32 Å². The minimum atomic E-state index is 0.326. The SMILES string of the molecule is Cc1nn(C)c(NC(C)C(C)C)c1C#N. The van der Waals surface area contributed by atoms with E-state index >= 15 is 0 Å². The van der Waals surface area contributed by atoms with Crippen molar-refractivity contribution >= 4 is 5.82 Å². The van der Waals surface area contributed by atoms with Gasteiger partial charge in [0.25, 0.3) is 0 Å². The van der Waals surface area contributed by atoms with Crippen molar-refractivity contribution in [2.45, 2.75) is 33.7 Å². The maximum absolute atomic E-state index is 9.02. The normalized spacial score (nSPS) is 12.6. The highest BCUT2D eigenvalue weighted by Crippen LogP contribution is 2.19. The monoisotopic (exact) mass is 206 g/mol. The van der Waals surface area contributed by atoms with Gasteiger partial charge in [-0.1, -0.05) is 13.8 Å². The van der Waals surface area contributed by atoms with E-state index in [1.807, 2.05) is 14.0 Å². The molecule has 0 fully saturated rings. The van der Waals surface area contributed by atoms with Crippen LogP contribution in [0, 0.1) is 24.2 Å². The molecule has 4 nitrogen and oxygen atoms in total. The van der Waals surface area contributed by atoms with E-state index in [0.29, 0.717) is 17.5 Å². The molecule has 15 heavy (non-hydrogen) atoms. The van der Waals surface area contributed by atoms with Crippen LogP contribution in [-0.2, 0) is 7.05 Å². The molecule has 1 aromatic rings. The Morgan fingerprint density at radius 2 is 2.00 bits per heavy atom. The summed E-state index contributed by atoms with van der Waals surface area (Å²) in [5, 5.41) is 16.6. The summed E-state index contributed by atoms with van der Waals surface area (Å²) in [7, 11) is 1.85. The Morgan fingerprint density at radius 3 is 2.47 bits per heavy atom. The number of anilines is 1. The van der Waals surface area contributed by atoms with Gasteiger partial charge in [-0.3, -0.25) is 4.68 Å². The third kappa shape index (κ3) is 2.30. The average Bonchev–Trinajstić information content (AvgIpc) is 2.41. The molecule has 4 heteroatoms. The van der Waals surface area contributed by atoms with Crippen molar-refractivity contribution in [1.82, 2.24) is 9.78 Å². The number of nitriles is 1. The van der Waals surface area contributed by atoms with Crippen LogP contribution in [0.4, 0.5) is 5.82 Å². The van der Waals surface area contributed by atoms with Crippen molar-refractivity contribution < 1.29 is 0 Å². The summed E-state index contributed by atoms with van der Waals surface area (Å²) >= 11 is 0. The second-order valence-corrected chi connectivity index (χ2v) is 4.22. The van der Waals surface area contributed by atoms with Crippen molar-refractivity contribution in [3.05, 3.63) is 11.3 Å². The number of nitrogens with zero attached hydrogens (tertiary/aromatic N) is 3. The molecule has 0 amide bonds. The van der Waals surface area contributed by atoms with Gasteiger partial charge in [0.1, 0.15) is 17.5 Å². The van der Waals surface area contributed by atoms with Crippen LogP contribution < -0.4 is 5.32 Å². The summed E-state index contributed by atoms with van der Waals surface area (Å²) in [5.74, 6) is 1.34. The summed E-state index contributed by atoms with van der Waals surface area (Å²) in [4.78, 5) is 0. The molecule has 0 aliphatic carbocycles. The van der Waals surface area contributed by atoms with E-state index in [1.54, 1.807) is 4.68 Å². The summed E-state index contributed by atoms with van der Waals surface area (Å²) in [6, 6.07) is 2.51. The highest BCUT2D eigenvalue weighted by Gasteiger charge is 2.15. The zero-order valence-electron chi connectivity index (χ0n) is 10.00. The third-order valence-electron chi connectivity index (χ3n) is 2.70. The Bertz CT molecular complexity index is 384. The van der Waals surface area contributed by atoms with Gasteiger partial charge >= 0.3 is 0 Å². The molecule has 82 valence electrons. The Morgan fingerprint density at radius 1 is 1.40 bits per heavy atom. The van der Waals surface area contributed by atoms with Gasteiger partial charge in [-0.2, -0.15) is 10.4 Å². The smallest absolute Gasteiger partial charge is 0.142 e. The molecular formula is C11H18N4. The maximum Gasteiger partial charge on any atom is 0.142 e. The number of hydrogen-bond donors (Lipinski definition) is 1. The van der Waals surface area contributed by atoms with Gasteiger partial charge in [0.15, 0.2) is 0 Å². The highest BCUT2D eigenvalue weighted by molar-refractivity contribution is 5.55. The molecule has 1 rings (SSSR count). The van der Waals surface area contributed by atoms with Gasteiger partial charge in [-0.05, 0) is 19.8 Å². The first kappa shape index (κ1) is 11.6. The molecule has 0 saturated carbocycles. The molecule has 0 aliphatic heterocycles. The molecule has 0 bridgehead atoms. The summed E-state index contributed by atoms with van der Waals surface area (Å²) in [5.41, 5.74) is 1.42. The second-order valence-electron chi connectivity index (χ2n) is 4.22. The van der Waals surface area contributed by atoms with E-state index in [9.17, 15) is 0 Å². The first-order chi connectivity index (χ1) is 6.97. The number of nitrogens with one attached hydrogen (secondary N) is 1. The minimum Gasteiger partial charge on any atom is -0.366 e. The molecule has 0 saturated heterocycles. The molecule has 1 aromatic heterocycles. The fourth-order valence-corrected chi connectivity index (χ4v) is 1.34. The van der Waals surface area contributed by atoms with Crippen LogP contribution in [0.2, 0.25) is 0 Å². The zero-order valence-corrected chi connectivity index (χ0v) is 10.00. The van der Waals surface area contributed by atoms with Crippen molar-refractivity contribution in [3.63, 3.8) is 0 Å². The van der Waals surface area contributed by atoms with Crippen LogP contribution in [0.1, 0.15) is 32.0 Å². The van der Waals surface area contributed by atoms with Crippen LogP contribution in [0.25, 0.3) is 0 Å². The molecule has 1 heterocycles. The number of hydrogen-bond acceptors (Lipinski definition) is 3. The molecule has 1 atom stereocenters. The molecular weight excluding hydrogens is 188 g/mol. The Balaban J connectivity index is 3.00. The predicted molar refractivity (Wildman–Crippen MR) is 60.6 cm³/mol. The molecule has 0 spiro atoms. The minimum absolute atomic E-state index is 0.326. The number of aromatic nitrogens is 2. The van der Waals surface area contributed by atoms with Gasteiger partial charge in [-0.25, -0.2) is 0 Å². The molecule has 1 unspecified atom stereocenters. The average molecular weight is 206 g/mol. The largest absolute Gasteiger partial charge is 0.366 e. The van der Waals surface area contributed by atoms with E-state index in [2.05, 4.69) is 37.3 Å². The van der Waals surface area contributed by atoms with Crippen molar-refractivity contribution in [3.8, 4) is 6.07 Å². The lowest BCUT2D eigenvalue weighted by atomic mass is 10.1. The maximum atomic E-state index is 9.02. The van der Waals surface area contributed by atoms with E-state index in [0.717, 1.165) is 11.5 Å². The van der Waals surface area contributed by atoms with Crippen molar-refractivity contribution in [2.75, 3.05) is 5.32 Å². The van der Waals surface area contributed by atoms with Gasteiger partial charge in [0.05, 0.1) is 5.69 Å². The van der Waals surface area contributed by atoms with E-state index < -0.39 is 0 Å². The van der Waals surface area contributed by atoms with Crippen LogP contribution in [-0.4, -0.2) is 15.8 Å². The number of aryl methyl sites for hydroxylation is 2. The standard InChI is InChI=1S/C11H18N4/c1-7(2)8(3)13-11-10(6-12)9(4)14-15(11)5/h7-8,13H,1-5H3. The molecule has 0 radical (unpaired) electrons. The van der Waals surface area contributed by atoms with E-state index in [1.165, 1.54) is 0 Å². The Labute approximate surface area is 90.9 Å². The summed E-state index contributed by atoms with van der Waals surface area (Å²) in [6.45, 7) is 8.25. The number of rotatable bonds is 3. The lowest BCUT2D eigenvalue weighted by Gasteiger charge is -2.18. The van der Waals surface area contributed by atoms with Crippen LogP contribution >= 0.6 is 0 Å². The van der Waals surface area contributed by atoms with Crippen LogP contribution in [0.15, 0.2) is 0 Å².